The number of aliphatic hydroxyl groups excluding tert-OH is 2. The van der Waals surface area contributed by atoms with Gasteiger partial charge in [0.25, 0.3) is 5.78 Å². The highest BCUT2D eigenvalue weighted by atomic mass is 16.8. The number of benzene rings is 4. The zero-order chi connectivity index (χ0) is 42.6. The Kier molecular flexibility index (Phi) is 9.75. The van der Waals surface area contributed by atoms with Crippen LogP contribution >= 0.6 is 0 Å². The summed E-state index contributed by atoms with van der Waals surface area (Å²) >= 11 is 0. The third kappa shape index (κ3) is 6.98. The molecule has 0 amide bonds. The fraction of sp³-hybridized carbons (Fsp3) is 0.200. The number of hydrogen-bond acceptors (Lipinski definition) is 18. The number of rotatable bonds is 8. The molecule has 59 heavy (non-hydrogen) atoms. The number of esters is 2. The first-order chi connectivity index (χ1) is 27.8. The molecule has 0 spiro atoms. The first-order valence-corrected chi connectivity index (χ1v) is 17.3. The smallest absolute Gasteiger partial charge is 0.357 e. The van der Waals surface area contributed by atoms with E-state index in [0.717, 1.165) is 60.7 Å². The number of hydrogen-bond donors (Lipinski definition) is 10. The summed E-state index contributed by atoms with van der Waals surface area (Å²) in [6.45, 7) is 0. The van der Waals surface area contributed by atoms with E-state index in [1.165, 1.54) is 30.3 Å². The number of phenols is 6. The third-order valence-electron chi connectivity index (χ3n) is 9.76. The molecule has 19 heteroatoms. The highest BCUT2D eigenvalue weighted by molar-refractivity contribution is 6.08. The molecule has 10 N–H and O–H groups in total. The number of ether oxygens (including phenoxy) is 5. The van der Waals surface area contributed by atoms with Crippen LogP contribution in [-0.4, -0.2) is 104 Å². The van der Waals surface area contributed by atoms with Gasteiger partial charge in [0.05, 0.1) is 6.10 Å². The summed E-state index contributed by atoms with van der Waals surface area (Å²) < 4.78 is 28.4. The fourth-order valence-electron chi connectivity index (χ4n) is 6.83. The van der Waals surface area contributed by atoms with Gasteiger partial charge >= 0.3 is 29.5 Å². The van der Waals surface area contributed by atoms with E-state index in [1.807, 2.05) is 0 Å². The number of phenolic OH excluding ortho intramolecular Hbond substituents is 6. The zero-order valence-corrected chi connectivity index (χ0v) is 30.0. The number of Topliss-reactive ketones (excluding diaryl/α,β-unsaturated/α-hetero) is 1. The molecule has 2 aliphatic heterocycles. The first kappa shape index (κ1) is 39.7. The van der Waals surface area contributed by atoms with E-state index in [4.69, 9.17) is 23.7 Å². The van der Waals surface area contributed by atoms with Gasteiger partial charge in [-0.3, -0.25) is 4.79 Å². The second-order valence-electron chi connectivity index (χ2n) is 13.7. The predicted octanol–water partition coefficient (Wildman–Crippen LogP) is 2.03. The van der Waals surface area contributed by atoms with E-state index in [-0.39, 0.29) is 28.2 Å². The third-order valence-corrected chi connectivity index (χ3v) is 9.76. The molecule has 0 radical (unpaired) electrons. The molecule has 19 nitrogen and oxygen atoms in total. The van der Waals surface area contributed by atoms with Crippen LogP contribution in [0, 0.1) is 0 Å². The van der Waals surface area contributed by atoms with Crippen molar-refractivity contribution in [1.82, 2.24) is 0 Å². The number of carbonyl (C=O) groups is 4. The van der Waals surface area contributed by atoms with Crippen LogP contribution in [0.1, 0.15) is 39.9 Å². The van der Waals surface area contributed by atoms with Crippen LogP contribution in [0.15, 0.2) is 78.9 Å². The van der Waals surface area contributed by atoms with E-state index in [9.17, 15) is 70.2 Å². The molecule has 2 unspecified atom stereocenters. The Hall–Kier alpha value is -7.48. The predicted molar refractivity (Wildman–Crippen MR) is 194 cm³/mol. The second kappa shape index (κ2) is 14.5. The van der Waals surface area contributed by atoms with Crippen LogP contribution in [0.25, 0.3) is 12.2 Å². The lowest BCUT2D eigenvalue weighted by atomic mass is 9.79. The topological polar surface area (TPSA) is 317 Å². The minimum Gasteiger partial charge on any atom is -0.508 e. The Morgan fingerprint density at radius 2 is 1.31 bits per heavy atom. The number of carboxylic acids is 1. The summed E-state index contributed by atoms with van der Waals surface area (Å²) in [5, 5.41) is 103. The molecule has 1 saturated carbocycles. The van der Waals surface area contributed by atoms with Gasteiger partial charge in [-0.1, -0.05) is 12.1 Å². The van der Waals surface area contributed by atoms with Gasteiger partial charge in [-0.2, -0.15) is 0 Å². The van der Waals surface area contributed by atoms with Crippen molar-refractivity contribution in [3.63, 3.8) is 0 Å². The maximum atomic E-state index is 14.0. The van der Waals surface area contributed by atoms with Crippen LogP contribution in [0.4, 0.5) is 0 Å². The van der Waals surface area contributed by atoms with E-state index in [1.54, 1.807) is 0 Å². The SMILES string of the molecule is O=C(/C=C/c1ccc(O)c(O)c1)O[C@@H]1C[C@@](OC(=O)/C=C/c2ccc3c(c2)OC2(O)C(=O)c4c(O)cc(O)cc4OC2(c2ccc(O)c(O)c2)O3)(C(=O)O)C[C@@H](O)[C@@H]1O. The Morgan fingerprint density at radius 1 is 0.678 bits per heavy atom. The number of aliphatic hydroxyl groups is 3. The molecule has 4 aromatic rings. The molecule has 4 aromatic carbocycles. The van der Waals surface area contributed by atoms with Crippen LogP contribution in [0.3, 0.4) is 0 Å². The summed E-state index contributed by atoms with van der Waals surface area (Å²) in [5.74, 6) is -15.7. The van der Waals surface area contributed by atoms with Crippen molar-refractivity contribution >= 4 is 35.8 Å². The van der Waals surface area contributed by atoms with Gasteiger partial charge in [0.2, 0.25) is 5.60 Å². The minimum atomic E-state index is -3.17. The van der Waals surface area contributed by atoms with Gasteiger partial charge < -0.3 is 74.7 Å². The molecule has 3 aliphatic rings. The highest BCUT2D eigenvalue weighted by Gasteiger charge is 2.71. The quantitative estimate of drug-likeness (QED) is 0.0691. The Balaban J connectivity index is 1.12. The molecule has 306 valence electrons. The van der Waals surface area contributed by atoms with Gasteiger partial charge in [-0.25, -0.2) is 14.4 Å². The number of fused-ring (bicyclic) bond motifs is 3. The van der Waals surface area contributed by atoms with Crippen molar-refractivity contribution in [2.24, 2.45) is 0 Å². The van der Waals surface area contributed by atoms with Crippen molar-refractivity contribution in [2.45, 2.75) is 48.3 Å². The van der Waals surface area contributed by atoms with Gasteiger partial charge in [0.1, 0.15) is 35.0 Å². The van der Waals surface area contributed by atoms with Crippen molar-refractivity contribution in [2.75, 3.05) is 0 Å². The van der Waals surface area contributed by atoms with Crippen LogP contribution in [0.2, 0.25) is 0 Å². The standard InChI is InChI=1S/C40H32O19/c41-21-14-26(46)34-30(15-21)58-40(20-5-7-23(43)25(45)13-20)39(54,36(34)51)56-29-12-19(2-8-28(29)57-40)4-10-33(49)59-38(37(52)53)16-27(47)35(50)31(17-38)55-32(48)9-3-18-1-6-22(42)24(44)11-18/h1-15,27,31,35,41-47,50,54H,16-17H2,(H,52,53)/b9-3+,10-4+/t27-,31-,35+,38-,39?,40?/m1/s1. The van der Waals surface area contributed by atoms with Gasteiger partial charge in [-0.15, -0.1) is 0 Å². The molecule has 0 saturated heterocycles. The van der Waals surface area contributed by atoms with Crippen LogP contribution in [-0.2, 0) is 29.6 Å². The first-order valence-electron chi connectivity index (χ1n) is 17.3. The zero-order valence-electron chi connectivity index (χ0n) is 30.0. The highest BCUT2D eigenvalue weighted by Crippen LogP contribution is 2.55. The maximum Gasteiger partial charge on any atom is 0.357 e. The molecule has 6 atom stereocenters. The number of carboxylic acid groups (broad SMARTS) is 1. The molecule has 7 rings (SSSR count). The average Bonchev–Trinajstić information content (AvgIpc) is 3.17. The lowest BCUT2D eigenvalue weighted by Crippen LogP contribution is -2.70. The summed E-state index contributed by atoms with van der Waals surface area (Å²) in [7, 11) is 0. The molecule has 0 aromatic heterocycles. The summed E-state index contributed by atoms with van der Waals surface area (Å²) in [6.07, 6.45) is -2.88. The van der Waals surface area contributed by atoms with Crippen molar-refractivity contribution < 1.29 is 93.9 Å². The summed E-state index contributed by atoms with van der Waals surface area (Å²) in [4.78, 5) is 52.2. The average molecular weight is 817 g/mol. The Bertz CT molecular complexity index is 2480. The largest absolute Gasteiger partial charge is 0.508 e. The van der Waals surface area contributed by atoms with Crippen molar-refractivity contribution in [3.8, 4) is 51.7 Å². The van der Waals surface area contributed by atoms with Gasteiger partial charge in [0.15, 0.2) is 34.5 Å². The second-order valence-corrected chi connectivity index (χ2v) is 13.7. The fourth-order valence-corrected chi connectivity index (χ4v) is 6.83. The van der Waals surface area contributed by atoms with Crippen molar-refractivity contribution in [1.29, 1.82) is 0 Å². The molecule has 1 fully saturated rings. The molecule has 2 heterocycles. The minimum absolute atomic E-state index is 0.115. The monoisotopic (exact) mass is 816 g/mol. The van der Waals surface area contributed by atoms with E-state index >= 15 is 0 Å². The summed E-state index contributed by atoms with van der Waals surface area (Å²) in [6, 6.07) is 12.3. The lowest BCUT2D eigenvalue weighted by molar-refractivity contribution is -0.316. The molecular formula is C40H32O19. The Morgan fingerprint density at radius 3 is 1.98 bits per heavy atom. The lowest BCUT2D eigenvalue weighted by Gasteiger charge is -2.50. The number of aromatic hydroxyl groups is 6. The summed E-state index contributed by atoms with van der Waals surface area (Å²) in [5.41, 5.74) is -2.98. The number of carbonyl (C=O) groups excluding carboxylic acids is 3. The van der Waals surface area contributed by atoms with E-state index in [2.05, 4.69) is 0 Å². The maximum absolute atomic E-state index is 14.0. The molecule has 1 aliphatic carbocycles. The van der Waals surface area contributed by atoms with Gasteiger partial charge in [-0.05, 0) is 65.7 Å². The van der Waals surface area contributed by atoms with E-state index < -0.39 is 118 Å². The van der Waals surface area contributed by atoms with Crippen LogP contribution < -0.4 is 14.2 Å². The molecule has 0 bridgehead atoms. The number of aliphatic carboxylic acids is 1. The molecular weight excluding hydrogens is 784 g/mol. The van der Waals surface area contributed by atoms with Crippen molar-refractivity contribution in [3.05, 3.63) is 101 Å². The van der Waals surface area contributed by atoms with E-state index in [0.29, 0.717) is 0 Å². The number of ketones is 1. The normalized spacial score (nSPS) is 25.7. The van der Waals surface area contributed by atoms with Crippen LogP contribution in [0.5, 0.6) is 51.7 Å². The van der Waals surface area contributed by atoms with Gasteiger partial charge in [0, 0.05) is 42.7 Å². The Labute approximate surface area is 330 Å².